The molecule has 2 rings (SSSR count). The zero-order valence-electron chi connectivity index (χ0n) is 6.24. The predicted octanol–water partition coefficient (Wildman–Crippen LogP) is 0.111. The van der Waals surface area contributed by atoms with Crippen LogP contribution in [0.15, 0.2) is 11.1 Å². The predicted molar refractivity (Wildman–Crippen MR) is 46.5 cm³/mol. The third-order valence-corrected chi connectivity index (χ3v) is 1.75. The summed E-state index contributed by atoms with van der Waals surface area (Å²) in [5.74, 6) is 0. The number of nitriles is 1. The molecule has 0 saturated heterocycles. The van der Waals surface area contributed by atoms with Gasteiger partial charge in [-0.1, -0.05) is 0 Å². The van der Waals surface area contributed by atoms with Crippen molar-refractivity contribution in [1.29, 1.82) is 5.26 Å². The Morgan fingerprint density at radius 1 is 1.62 bits per heavy atom. The van der Waals surface area contributed by atoms with E-state index in [4.69, 9.17) is 17.5 Å². The van der Waals surface area contributed by atoms with Gasteiger partial charge in [-0.05, 0) is 12.2 Å². The maximum Gasteiger partial charge on any atom is 0.279 e. The van der Waals surface area contributed by atoms with Gasteiger partial charge in [-0.15, -0.1) is 0 Å². The Labute approximate surface area is 76.5 Å². The zero-order chi connectivity index (χ0) is 9.42. The molecule has 0 amide bonds. The van der Waals surface area contributed by atoms with Crippen LogP contribution in [-0.2, 0) is 0 Å². The lowest BCUT2D eigenvalue weighted by Gasteiger charge is -1.89. The standard InChI is InChI=1S/C6H3N5OS/c7-1-11-2-8-3-4(11)9-6(13)10-5(3)12/h2H,(H2,9,10,12,13). The summed E-state index contributed by atoms with van der Waals surface area (Å²) in [5, 5.41) is 8.61. The SMILES string of the molecule is N#Cn1cnc2c(=O)[nH]c(=S)[nH]c21. The molecule has 2 aromatic heterocycles. The Balaban J connectivity index is 3.09. The molecule has 0 aliphatic rings. The molecule has 0 spiro atoms. The summed E-state index contributed by atoms with van der Waals surface area (Å²) < 4.78 is 1.31. The highest BCUT2D eigenvalue weighted by molar-refractivity contribution is 7.71. The Morgan fingerprint density at radius 2 is 2.38 bits per heavy atom. The second kappa shape index (κ2) is 2.53. The fourth-order valence-electron chi connectivity index (χ4n) is 1.01. The average molecular weight is 193 g/mol. The molecule has 2 heterocycles. The number of H-pyrrole nitrogens is 2. The average Bonchev–Trinajstić information content (AvgIpc) is 2.47. The molecule has 0 aliphatic carbocycles. The molecule has 0 radical (unpaired) electrons. The molecule has 6 nitrogen and oxygen atoms in total. The number of aromatic nitrogens is 4. The van der Waals surface area contributed by atoms with E-state index in [1.54, 1.807) is 0 Å². The summed E-state index contributed by atoms with van der Waals surface area (Å²) in [4.78, 5) is 20.0. The van der Waals surface area contributed by atoms with E-state index >= 15 is 0 Å². The molecule has 0 unspecified atom stereocenters. The molecule has 0 atom stereocenters. The van der Waals surface area contributed by atoms with Crippen LogP contribution in [0.2, 0.25) is 0 Å². The van der Waals surface area contributed by atoms with Gasteiger partial charge in [-0.3, -0.25) is 9.78 Å². The topological polar surface area (TPSA) is 90.3 Å². The molecule has 0 saturated carbocycles. The van der Waals surface area contributed by atoms with Gasteiger partial charge in [0.25, 0.3) is 5.56 Å². The van der Waals surface area contributed by atoms with Gasteiger partial charge in [-0.2, -0.15) is 5.26 Å². The first-order chi connectivity index (χ1) is 6.22. The number of aromatic amines is 2. The molecule has 13 heavy (non-hydrogen) atoms. The molecule has 0 aromatic carbocycles. The van der Waals surface area contributed by atoms with E-state index in [9.17, 15) is 4.79 Å². The second-order valence-corrected chi connectivity index (χ2v) is 2.73. The highest BCUT2D eigenvalue weighted by atomic mass is 32.1. The normalized spacial score (nSPS) is 10.1. The molecule has 0 fully saturated rings. The van der Waals surface area contributed by atoms with E-state index in [2.05, 4.69) is 15.0 Å². The maximum atomic E-state index is 11.2. The van der Waals surface area contributed by atoms with Gasteiger partial charge in [0, 0.05) is 0 Å². The summed E-state index contributed by atoms with van der Waals surface area (Å²) in [6.07, 6.45) is 3.08. The lowest BCUT2D eigenvalue weighted by molar-refractivity contribution is 1.06. The van der Waals surface area contributed by atoms with Gasteiger partial charge in [0.1, 0.15) is 6.33 Å². The van der Waals surface area contributed by atoms with Crippen LogP contribution in [-0.4, -0.2) is 19.5 Å². The summed E-state index contributed by atoms with van der Waals surface area (Å²) in [6.45, 7) is 0. The molecular weight excluding hydrogens is 190 g/mol. The van der Waals surface area contributed by atoms with Gasteiger partial charge >= 0.3 is 0 Å². The maximum absolute atomic E-state index is 11.2. The minimum Gasteiger partial charge on any atom is -0.316 e. The van der Waals surface area contributed by atoms with E-state index in [-0.39, 0.29) is 10.3 Å². The number of hydrogen-bond donors (Lipinski definition) is 2. The van der Waals surface area contributed by atoms with Crippen molar-refractivity contribution in [3.63, 3.8) is 0 Å². The monoisotopic (exact) mass is 193 g/mol. The van der Waals surface area contributed by atoms with Crippen molar-refractivity contribution >= 4 is 23.4 Å². The fraction of sp³-hybridized carbons (Fsp3) is 0. The first kappa shape index (κ1) is 7.70. The van der Waals surface area contributed by atoms with Crippen LogP contribution in [0.1, 0.15) is 0 Å². The minimum absolute atomic E-state index is 0.175. The van der Waals surface area contributed by atoms with Crippen molar-refractivity contribution in [2.24, 2.45) is 0 Å². The highest BCUT2D eigenvalue weighted by Crippen LogP contribution is 2.01. The summed E-state index contributed by atoms with van der Waals surface area (Å²) >= 11 is 4.74. The van der Waals surface area contributed by atoms with E-state index in [1.165, 1.54) is 6.33 Å². The smallest absolute Gasteiger partial charge is 0.279 e. The fourth-order valence-corrected chi connectivity index (χ4v) is 1.20. The van der Waals surface area contributed by atoms with E-state index in [0.717, 1.165) is 4.57 Å². The minimum atomic E-state index is -0.396. The van der Waals surface area contributed by atoms with Gasteiger partial charge in [0.2, 0.25) is 0 Å². The Bertz CT molecular complexity index is 612. The third-order valence-electron chi connectivity index (χ3n) is 1.55. The van der Waals surface area contributed by atoms with Crippen molar-refractivity contribution in [2.45, 2.75) is 0 Å². The molecule has 7 heteroatoms. The Kier molecular flexibility index (Phi) is 1.50. The van der Waals surface area contributed by atoms with Crippen molar-refractivity contribution in [3.8, 4) is 6.19 Å². The number of nitrogens with zero attached hydrogens (tertiary/aromatic N) is 3. The Hall–Kier alpha value is -1.94. The summed E-state index contributed by atoms with van der Waals surface area (Å²) in [6, 6.07) is 0. The first-order valence-corrected chi connectivity index (χ1v) is 3.73. The van der Waals surface area contributed by atoms with Crippen LogP contribution in [0, 0.1) is 16.2 Å². The number of fused-ring (bicyclic) bond motifs is 1. The van der Waals surface area contributed by atoms with Gasteiger partial charge in [0.15, 0.2) is 22.1 Å². The molecule has 2 N–H and O–H groups in total. The van der Waals surface area contributed by atoms with Gasteiger partial charge in [0.05, 0.1) is 0 Å². The van der Waals surface area contributed by atoms with E-state index in [0.29, 0.717) is 5.65 Å². The van der Waals surface area contributed by atoms with Crippen LogP contribution >= 0.6 is 12.2 Å². The van der Waals surface area contributed by atoms with Gasteiger partial charge < -0.3 is 4.98 Å². The second-order valence-electron chi connectivity index (χ2n) is 2.32. The molecule has 0 bridgehead atoms. The molecule has 64 valence electrons. The molecular formula is C6H3N5OS. The summed E-state index contributed by atoms with van der Waals surface area (Å²) in [7, 11) is 0. The van der Waals surface area contributed by atoms with Crippen LogP contribution in [0.4, 0.5) is 0 Å². The highest BCUT2D eigenvalue weighted by Gasteiger charge is 2.05. The van der Waals surface area contributed by atoms with Crippen LogP contribution in [0.5, 0.6) is 0 Å². The van der Waals surface area contributed by atoms with Gasteiger partial charge in [-0.25, -0.2) is 9.55 Å². The van der Waals surface area contributed by atoms with Crippen molar-refractivity contribution in [1.82, 2.24) is 19.5 Å². The lowest BCUT2D eigenvalue weighted by atomic mass is 10.5. The number of hydrogen-bond acceptors (Lipinski definition) is 4. The lowest BCUT2D eigenvalue weighted by Crippen LogP contribution is -2.08. The molecule has 0 aliphatic heterocycles. The van der Waals surface area contributed by atoms with Crippen molar-refractivity contribution in [2.75, 3.05) is 0 Å². The third kappa shape index (κ3) is 1.04. The zero-order valence-corrected chi connectivity index (χ0v) is 7.05. The number of nitrogens with one attached hydrogen (secondary N) is 2. The Morgan fingerprint density at radius 3 is 3.08 bits per heavy atom. The van der Waals surface area contributed by atoms with Crippen LogP contribution in [0.3, 0.4) is 0 Å². The number of imidazole rings is 1. The van der Waals surface area contributed by atoms with Crippen LogP contribution in [0.25, 0.3) is 11.2 Å². The summed E-state index contributed by atoms with van der Waals surface area (Å²) in [5.41, 5.74) is 0.0964. The quantitative estimate of drug-likeness (QED) is 0.581. The van der Waals surface area contributed by atoms with Crippen molar-refractivity contribution < 1.29 is 0 Å². The number of rotatable bonds is 0. The van der Waals surface area contributed by atoms with Crippen LogP contribution < -0.4 is 5.56 Å². The largest absolute Gasteiger partial charge is 0.316 e. The van der Waals surface area contributed by atoms with Crippen molar-refractivity contribution in [3.05, 3.63) is 21.5 Å². The van der Waals surface area contributed by atoms with E-state index < -0.39 is 5.56 Å². The molecule has 2 aromatic rings. The first-order valence-electron chi connectivity index (χ1n) is 3.32. The van der Waals surface area contributed by atoms with E-state index in [1.807, 2.05) is 6.19 Å².